The summed E-state index contributed by atoms with van der Waals surface area (Å²) in [6.45, 7) is 4.65. The fourth-order valence-corrected chi connectivity index (χ4v) is 3.81. The average Bonchev–Trinajstić information content (AvgIpc) is 2.25. The summed E-state index contributed by atoms with van der Waals surface area (Å²) in [5.74, 6) is 0. The second kappa shape index (κ2) is 6.60. The lowest BCUT2D eigenvalue weighted by Gasteiger charge is -2.32. The SMILES string of the molecule is CC(C)N([C@@H](C)[C@@H](O)c1c(Cl)cccc1Cl)S(=O)(=O)O. The molecule has 0 unspecified atom stereocenters. The van der Waals surface area contributed by atoms with Gasteiger partial charge in [-0.2, -0.15) is 12.7 Å². The van der Waals surface area contributed by atoms with Crippen molar-refractivity contribution in [2.24, 2.45) is 0 Å². The van der Waals surface area contributed by atoms with Crippen LogP contribution in [0.25, 0.3) is 0 Å². The number of aliphatic hydroxyl groups excluding tert-OH is 1. The number of rotatable bonds is 5. The fraction of sp³-hybridized carbons (Fsp3) is 0.500. The average molecular weight is 342 g/mol. The quantitative estimate of drug-likeness (QED) is 0.807. The van der Waals surface area contributed by atoms with E-state index in [2.05, 4.69) is 0 Å². The van der Waals surface area contributed by atoms with E-state index in [9.17, 15) is 18.1 Å². The zero-order valence-electron chi connectivity index (χ0n) is 11.3. The predicted molar refractivity (Wildman–Crippen MR) is 79.4 cm³/mol. The molecule has 1 aromatic rings. The molecule has 0 aliphatic heterocycles. The van der Waals surface area contributed by atoms with Gasteiger partial charge in [0.25, 0.3) is 0 Å². The van der Waals surface area contributed by atoms with Gasteiger partial charge >= 0.3 is 10.3 Å². The van der Waals surface area contributed by atoms with E-state index in [0.717, 1.165) is 4.31 Å². The zero-order chi connectivity index (χ0) is 15.7. The third-order valence-corrected chi connectivity index (χ3v) is 4.88. The van der Waals surface area contributed by atoms with Gasteiger partial charge in [-0.05, 0) is 32.9 Å². The van der Waals surface area contributed by atoms with Gasteiger partial charge in [0.2, 0.25) is 0 Å². The summed E-state index contributed by atoms with van der Waals surface area (Å²) in [5.41, 5.74) is 0.234. The van der Waals surface area contributed by atoms with Crippen LogP contribution in [0, 0.1) is 0 Å². The van der Waals surface area contributed by atoms with Crippen molar-refractivity contribution < 1.29 is 18.1 Å². The number of halogens is 2. The third-order valence-electron chi connectivity index (χ3n) is 2.93. The summed E-state index contributed by atoms with van der Waals surface area (Å²) in [6, 6.07) is 3.25. The van der Waals surface area contributed by atoms with Crippen molar-refractivity contribution in [1.29, 1.82) is 0 Å². The molecule has 8 heteroatoms. The maximum Gasteiger partial charge on any atom is 0.336 e. The van der Waals surface area contributed by atoms with Gasteiger partial charge in [-0.15, -0.1) is 0 Å². The van der Waals surface area contributed by atoms with E-state index >= 15 is 0 Å². The number of hydrogen-bond donors (Lipinski definition) is 2. The Morgan fingerprint density at radius 3 is 1.95 bits per heavy atom. The molecule has 0 spiro atoms. The van der Waals surface area contributed by atoms with Crippen molar-refractivity contribution in [3.05, 3.63) is 33.8 Å². The van der Waals surface area contributed by atoms with Crippen molar-refractivity contribution in [3.8, 4) is 0 Å². The molecule has 1 aromatic carbocycles. The van der Waals surface area contributed by atoms with Gasteiger partial charge in [0.05, 0.1) is 12.1 Å². The van der Waals surface area contributed by atoms with Crippen LogP contribution in [-0.4, -0.2) is 34.5 Å². The van der Waals surface area contributed by atoms with E-state index in [-0.39, 0.29) is 15.6 Å². The molecule has 0 amide bonds. The highest BCUT2D eigenvalue weighted by Crippen LogP contribution is 2.34. The molecule has 0 aliphatic carbocycles. The molecule has 0 heterocycles. The van der Waals surface area contributed by atoms with Crippen LogP contribution in [0.5, 0.6) is 0 Å². The highest BCUT2D eigenvalue weighted by molar-refractivity contribution is 7.83. The van der Waals surface area contributed by atoms with Crippen LogP contribution in [0.1, 0.15) is 32.4 Å². The number of hydrogen-bond acceptors (Lipinski definition) is 3. The van der Waals surface area contributed by atoms with Gasteiger partial charge in [0.15, 0.2) is 0 Å². The Morgan fingerprint density at radius 2 is 1.60 bits per heavy atom. The molecule has 1 rings (SSSR count). The molecule has 2 atom stereocenters. The first-order valence-corrected chi connectivity index (χ1v) is 8.10. The Hall–Kier alpha value is -0.370. The zero-order valence-corrected chi connectivity index (χ0v) is 13.6. The normalized spacial score (nSPS) is 15.7. The second-order valence-corrected chi connectivity index (χ2v) is 6.85. The molecule has 0 saturated heterocycles. The maximum atomic E-state index is 11.4. The van der Waals surface area contributed by atoms with Crippen molar-refractivity contribution in [2.75, 3.05) is 0 Å². The topological polar surface area (TPSA) is 77.8 Å². The Morgan fingerprint density at radius 1 is 1.15 bits per heavy atom. The van der Waals surface area contributed by atoms with E-state index < -0.39 is 28.5 Å². The van der Waals surface area contributed by atoms with Gasteiger partial charge in [0, 0.05) is 21.7 Å². The molecular weight excluding hydrogens is 325 g/mol. The minimum Gasteiger partial charge on any atom is -0.387 e. The van der Waals surface area contributed by atoms with Crippen molar-refractivity contribution in [3.63, 3.8) is 0 Å². The van der Waals surface area contributed by atoms with Crippen LogP contribution < -0.4 is 0 Å². The van der Waals surface area contributed by atoms with Crippen LogP contribution in [0.2, 0.25) is 10.0 Å². The first kappa shape index (κ1) is 17.7. The molecule has 0 bridgehead atoms. The maximum absolute atomic E-state index is 11.4. The van der Waals surface area contributed by atoms with Crippen molar-refractivity contribution in [2.45, 2.75) is 39.0 Å². The molecule has 2 N–H and O–H groups in total. The molecule has 5 nitrogen and oxygen atoms in total. The smallest absolute Gasteiger partial charge is 0.336 e. The predicted octanol–water partition coefficient (Wildman–Crippen LogP) is 2.93. The lowest BCUT2D eigenvalue weighted by atomic mass is 10.0. The van der Waals surface area contributed by atoms with Gasteiger partial charge in [-0.3, -0.25) is 4.55 Å². The Balaban J connectivity index is 3.22. The van der Waals surface area contributed by atoms with Gasteiger partial charge in [-0.25, -0.2) is 0 Å². The lowest BCUT2D eigenvalue weighted by molar-refractivity contribution is 0.0827. The highest BCUT2D eigenvalue weighted by atomic mass is 35.5. The highest BCUT2D eigenvalue weighted by Gasteiger charge is 2.34. The largest absolute Gasteiger partial charge is 0.387 e. The molecule has 20 heavy (non-hydrogen) atoms. The first-order chi connectivity index (χ1) is 9.07. The van der Waals surface area contributed by atoms with Crippen LogP contribution in [0.4, 0.5) is 0 Å². The van der Waals surface area contributed by atoms with Crippen LogP contribution in [-0.2, 0) is 10.3 Å². The van der Waals surface area contributed by atoms with E-state index in [4.69, 9.17) is 23.2 Å². The summed E-state index contributed by atoms with van der Waals surface area (Å²) in [5, 5.41) is 10.8. The van der Waals surface area contributed by atoms with E-state index in [0.29, 0.717) is 0 Å². The molecular formula is C12H17Cl2NO4S. The standard InChI is InChI=1S/C12H17Cl2NO4S/c1-7(2)15(20(17,18)19)8(3)12(16)11-9(13)5-4-6-10(11)14/h4-8,12,16H,1-3H3,(H,17,18,19)/t8-,12+/m0/s1. The number of nitrogens with zero attached hydrogens (tertiary/aromatic N) is 1. The summed E-state index contributed by atoms with van der Waals surface area (Å²) in [6.07, 6.45) is -1.26. The van der Waals surface area contributed by atoms with E-state index in [1.54, 1.807) is 32.0 Å². The number of aliphatic hydroxyl groups is 1. The fourth-order valence-electron chi connectivity index (χ4n) is 2.12. The summed E-state index contributed by atoms with van der Waals surface area (Å²) >= 11 is 12.0. The minimum absolute atomic E-state index is 0.232. The van der Waals surface area contributed by atoms with Crippen LogP contribution in [0.3, 0.4) is 0 Å². The third kappa shape index (κ3) is 3.84. The van der Waals surface area contributed by atoms with Gasteiger partial charge in [0.1, 0.15) is 0 Å². The molecule has 0 radical (unpaired) electrons. The Kier molecular flexibility index (Phi) is 5.83. The molecule has 0 aliphatic rings. The first-order valence-electron chi connectivity index (χ1n) is 5.95. The molecule has 0 saturated carbocycles. The summed E-state index contributed by atoms with van der Waals surface area (Å²) in [4.78, 5) is 0. The Bertz CT molecular complexity index is 557. The number of benzene rings is 1. The van der Waals surface area contributed by atoms with Crippen LogP contribution in [0.15, 0.2) is 18.2 Å². The van der Waals surface area contributed by atoms with Crippen LogP contribution >= 0.6 is 23.2 Å². The van der Waals surface area contributed by atoms with Gasteiger partial charge < -0.3 is 5.11 Å². The lowest BCUT2D eigenvalue weighted by Crippen LogP contribution is -2.45. The molecule has 0 aromatic heterocycles. The van der Waals surface area contributed by atoms with E-state index in [1.165, 1.54) is 6.92 Å². The monoisotopic (exact) mass is 341 g/mol. The van der Waals surface area contributed by atoms with Crippen molar-refractivity contribution >= 4 is 33.5 Å². The van der Waals surface area contributed by atoms with Gasteiger partial charge in [-0.1, -0.05) is 29.3 Å². The molecule has 114 valence electrons. The second-order valence-electron chi connectivity index (χ2n) is 4.72. The summed E-state index contributed by atoms with van der Waals surface area (Å²) in [7, 11) is -4.45. The van der Waals surface area contributed by atoms with Crippen molar-refractivity contribution in [1.82, 2.24) is 4.31 Å². The van der Waals surface area contributed by atoms with E-state index in [1.807, 2.05) is 0 Å². The molecule has 0 fully saturated rings. The Labute approximate surface area is 129 Å². The summed E-state index contributed by atoms with van der Waals surface area (Å²) < 4.78 is 32.9. The minimum atomic E-state index is -4.45.